The van der Waals surface area contributed by atoms with Gasteiger partial charge in [-0.2, -0.15) is 0 Å². The van der Waals surface area contributed by atoms with E-state index in [9.17, 15) is 4.79 Å². The average Bonchev–Trinajstić information content (AvgIpc) is 2.95. The van der Waals surface area contributed by atoms with Crippen LogP contribution in [0.3, 0.4) is 0 Å². The molecule has 0 unspecified atom stereocenters. The maximum atomic E-state index is 11.0. The van der Waals surface area contributed by atoms with Gasteiger partial charge in [0.2, 0.25) is 0 Å². The highest BCUT2D eigenvalue weighted by Gasteiger charge is 2.25. The fourth-order valence-corrected chi connectivity index (χ4v) is 2.68. The summed E-state index contributed by atoms with van der Waals surface area (Å²) in [6, 6.07) is 3.86. The molecule has 0 aliphatic carbocycles. The van der Waals surface area contributed by atoms with Crippen LogP contribution in [0, 0.1) is 0 Å². The summed E-state index contributed by atoms with van der Waals surface area (Å²) in [6.45, 7) is 2.04. The van der Waals surface area contributed by atoms with Crippen LogP contribution in [0.25, 0.3) is 5.57 Å². The van der Waals surface area contributed by atoms with Crippen molar-refractivity contribution in [2.24, 2.45) is 0 Å². The second kappa shape index (κ2) is 4.30. The zero-order valence-corrected chi connectivity index (χ0v) is 10.4. The van der Waals surface area contributed by atoms with Gasteiger partial charge in [-0.25, -0.2) is 4.79 Å². The Balaban J connectivity index is 1.97. The van der Waals surface area contributed by atoms with Crippen molar-refractivity contribution < 1.29 is 14.6 Å². The Bertz CT molecular complexity index is 553. The smallest absolute Gasteiger partial charge is 0.407 e. The van der Waals surface area contributed by atoms with Crippen LogP contribution in [0.2, 0.25) is 5.02 Å². The van der Waals surface area contributed by atoms with Gasteiger partial charge in [0.05, 0.1) is 13.2 Å². The van der Waals surface area contributed by atoms with E-state index in [4.69, 9.17) is 21.4 Å². The Morgan fingerprint density at radius 2 is 2.06 bits per heavy atom. The van der Waals surface area contributed by atoms with Gasteiger partial charge in [-0.1, -0.05) is 17.7 Å². The molecule has 0 aromatic heterocycles. The highest BCUT2D eigenvalue weighted by atomic mass is 35.5. The fourth-order valence-electron chi connectivity index (χ4n) is 2.38. The summed E-state index contributed by atoms with van der Waals surface area (Å²) in [5.74, 6) is 0. The zero-order chi connectivity index (χ0) is 12.7. The first-order valence-electron chi connectivity index (χ1n) is 5.71. The number of halogens is 1. The summed E-state index contributed by atoms with van der Waals surface area (Å²) in [5.41, 5.74) is 4.06. The number of hydrogen-bond donors (Lipinski definition) is 1. The lowest BCUT2D eigenvalue weighted by Crippen LogP contribution is -2.22. The van der Waals surface area contributed by atoms with E-state index in [-0.39, 0.29) is 0 Å². The van der Waals surface area contributed by atoms with Gasteiger partial charge in [-0.3, -0.25) is 4.90 Å². The van der Waals surface area contributed by atoms with E-state index < -0.39 is 6.09 Å². The molecule has 0 saturated heterocycles. The topological polar surface area (TPSA) is 49.8 Å². The number of nitrogens with zero attached hydrogens (tertiary/aromatic N) is 1. The van der Waals surface area contributed by atoms with E-state index in [0.717, 1.165) is 22.3 Å². The molecule has 0 saturated carbocycles. The van der Waals surface area contributed by atoms with Gasteiger partial charge in [-0.15, -0.1) is 0 Å². The van der Waals surface area contributed by atoms with Crippen molar-refractivity contribution in [1.29, 1.82) is 0 Å². The van der Waals surface area contributed by atoms with Crippen LogP contribution in [0.4, 0.5) is 4.79 Å². The second-order valence-corrected chi connectivity index (χ2v) is 4.89. The standard InChI is InChI=1S/C13H12ClNO3/c14-12-4-10-6-15(13(16)17)5-9(10)3-11(12)8-1-2-18-7-8/h1,3-4H,2,5-7H2,(H,16,17). The minimum absolute atomic E-state index is 0.417. The van der Waals surface area contributed by atoms with Crippen molar-refractivity contribution in [3.05, 3.63) is 39.9 Å². The Kier molecular flexibility index (Phi) is 2.76. The van der Waals surface area contributed by atoms with E-state index >= 15 is 0 Å². The quantitative estimate of drug-likeness (QED) is 0.849. The number of rotatable bonds is 1. The Labute approximate surface area is 109 Å². The van der Waals surface area contributed by atoms with E-state index in [1.807, 2.05) is 18.2 Å². The molecule has 4 nitrogen and oxygen atoms in total. The predicted octanol–water partition coefficient (Wildman–Crippen LogP) is 2.75. The summed E-state index contributed by atoms with van der Waals surface area (Å²) in [5, 5.41) is 9.66. The van der Waals surface area contributed by atoms with Crippen molar-refractivity contribution in [3.63, 3.8) is 0 Å². The molecule has 0 bridgehead atoms. The molecular weight excluding hydrogens is 254 g/mol. The summed E-state index contributed by atoms with van der Waals surface area (Å²) in [4.78, 5) is 12.3. The largest absolute Gasteiger partial charge is 0.465 e. The predicted molar refractivity (Wildman–Crippen MR) is 67.5 cm³/mol. The van der Waals surface area contributed by atoms with Crippen molar-refractivity contribution >= 4 is 23.3 Å². The molecule has 1 N–H and O–H groups in total. The van der Waals surface area contributed by atoms with Crippen LogP contribution in [0.15, 0.2) is 18.2 Å². The fraction of sp³-hybridized carbons (Fsp3) is 0.308. The zero-order valence-electron chi connectivity index (χ0n) is 9.65. The van der Waals surface area contributed by atoms with Gasteiger partial charge >= 0.3 is 6.09 Å². The average molecular weight is 266 g/mol. The Hall–Kier alpha value is -1.52. The van der Waals surface area contributed by atoms with Crippen molar-refractivity contribution in [2.45, 2.75) is 13.1 Å². The molecule has 0 fully saturated rings. The first-order chi connectivity index (χ1) is 8.65. The van der Waals surface area contributed by atoms with Gasteiger partial charge < -0.3 is 9.84 Å². The van der Waals surface area contributed by atoms with Crippen LogP contribution in [0.1, 0.15) is 16.7 Å². The summed E-state index contributed by atoms with van der Waals surface area (Å²) >= 11 is 6.25. The molecule has 2 heterocycles. The maximum Gasteiger partial charge on any atom is 0.407 e. The molecule has 5 heteroatoms. The lowest BCUT2D eigenvalue weighted by molar-refractivity contribution is 0.145. The number of hydrogen-bond acceptors (Lipinski definition) is 2. The molecule has 1 aromatic rings. The molecule has 0 radical (unpaired) electrons. The molecule has 3 rings (SSSR count). The summed E-state index contributed by atoms with van der Waals surface area (Å²) < 4.78 is 5.29. The normalized spacial score (nSPS) is 17.8. The van der Waals surface area contributed by atoms with Gasteiger partial charge in [0.1, 0.15) is 0 Å². The number of ether oxygens (including phenoxy) is 1. The van der Waals surface area contributed by atoms with Crippen molar-refractivity contribution in [2.75, 3.05) is 13.2 Å². The van der Waals surface area contributed by atoms with Crippen LogP contribution in [-0.2, 0) is 17.8 Å². The molecule has 0 atom stereocenters. The number of fused-ring (bicyclic) bond motifs is 1. The number of carbonyl (C=O) groups is 1. The first-order valence-corrected chi connectivity index (χ1v) is 6.09. The lowest BCUT2D eigenvalue weighted by atomic mass is 10.0. The van der Waals surface area contributed by atoms with Crippen molar-refractivity contribution in [3.8, 4) is 0 Å². The molecule has 2 aliphatic rings. The van der Waals surface area contributed by atoms with Crippen LogP contribution >= 0.6 is 11.6 Å². The Morgan fingerprint density at radius 3 is 2.67 bits per heavy atom. The van der Waals surface area contributed by atoms with E-state index in [1.54, 1.807) is 0 Å². The van der Waals surface area contributed by atoms with Crippen molar-refractivity contribution in [1.82, 2.24) is 4.90 Å². The van der Waals surface area contributed by atoms with E-state index in [2.05, 4.69) is 0 Å². The lowest BCUT2D eigenvalue weighted by Gasteiger charge is -2.08. The van der Waals surface area contributed by atoms with Crippen LogP contribution in [-0.4, -0.2) is 29.3 Å². The summed E-state index contributed by atoms with van der Waals surface area (Å²) in [7, 11) is 0. The molecule has 18 heavy (non-hydrogen) atoms. The van der Waals surface area contributed by atoms with E-state index in [0.29, 0.717) is 31.3 Å². The maximum absolute atomic E-state index is 11.0. The highest BCUT2D eigenvalue weighted by Crippen LogP contribution is 2.33. The minimum atomic E-state index is -0.896. The molecule has 0 spiro atoms. The van der Waals surface area contributed by atoms with Crippen LogP contribution < -0.4 is 0 Å². The molecule has 2 aliphatic heterocycles. The molecule has 94 valence electrons. The van der Waals surface area contributed by atoms with Gasteiger partial charge in [0.15, 0.2) is 0 Å². The number of benzene rings is 1. The van der Waals surface area contributed by atoms with Crippen LogP contribution in [0.5, 0.6) is 0 Å². The number of carboxylic acid groups (broad SMARTS) is 1. The Morgan fingerprint density at radius 1 is 1.33 bits per heavy atom. The molecule has 1 amide bonds. The second-order valence-electron chi connectivity index (χ2n) is 4.48. The SMILES string of the molecule is O=C(O)N1Cc2cc(Cl)c(C3=CCOC3)cc2C1. The van der Waals surface area contributed by atoms with Gasteiger partial charge in [0.25, 0.3) is 0 Å². The first kappa shape index (κ1) is 11.6. The monoisotopic (exact) mass is 265 g/mol. The summed E-state index contributed by atoms with van der Waals surface area (Å²) in [6.07, 6.45) is 1.12. The third-order valence-corrected chi connectivity index (χ3v) is 3.65. The molecule has 1 aromatic carbocycles. The minimum Gasteiger partial charge on any atom is -0.465 e. The van der Waals surface area contributed by atoms with E-state index in [1.165, 1.54) is 4.90 Å². The van der Waals surface area contributed by atoms with Gasteiger partial charge in [0, 0.05) is 18.1 Å². The third-order valence-electron chi connectivity index (χ3n) is 3.33. The van der Waals surface area contributed by atoms with Gasteiger partial charge in [-0.05, 0) is 34.4 Å². The number of amides is 1. The highest BCUT2D eigenvalue weighted by molar-refractivity contribution is 6.32. The third kappa shape index (κ3) is 1.87. The molecular formula is C13H12ClNO3.